The van der Waals surface area contributed by atoms with E-state index in [0.29, 0.717) is 21.8 Å². The fourth-order valence-corrected chi connectivity index (χ4v) is 5.60. The van der Waals surface area contributed by atoms with Gasteiger partial charge < -0.3 is 24.8 Å². The standard InChI is InChI=1S/C29H30Cl2N4O3/c1-38-27-7-3-2-6-26(27)34-16-14-33(15-17-34)25-11-9-21(19-23(25)29(37)35-12-4-5-13-35)32-28(36)22-10-8-20(30)18-24(22)31/h2-3,6-11,18-19H,4-5,12-17H2,1H3,(H,32,36). The maximum absolute atomic E-state index is 13.6. The lowest BCUT2D eigenvalue weighted by Crippen LogP contribution is -2.47. The van der Waals surface area contributed by atoms with E-state index in [4.69, 9.17) is 27.9 Å². The van der Waals surface area contributed by atoms with Crippen molar-refractivity contribution in [1.82, 2.24) is 4.90 Å². The number of likely N-dealkylation sites (tertiary alicyclic amines) is 1. The third-order valence-electron chi connectivity index (χ3n) is 7.10. The molecule has 2 amide bonds. The van der Waals surface area contributed by atoms with E-state index in [0.717, 1.165) is 69.2 Å². The van der Waals surface area contributed by atoms with Gasteiger partial charge in [-0.25, -0.2) is 0 Å². The highest BCUT2D eigenvalue weighted by molar-refractivity contribution is 6.37. The van der Waals surface area contributed by atoms with Crippen molar-refractivity contribution >= 4 is 52.1 Å². The number of halogens is 2. The van der Waals surface area contributed by atoms with E-state index in [1.165, 1.54) is 6.07 Å². The molecule has 0 spiro atoms. The Morgan fingerprint density at radius 1 is 0.789 bits per heavy atom. The van der Waals surface area contributed by atoms with Gasteiger partial charge in [-0.2, -0.15) is 0 Å². The fourth-order valence-electron chi connectivity index (χ4n) is 5.10. The molecule has 3 aromatic rings. The second kappa shape index (κ2) is 11.5. The van der Waals surface area contributed by atoms with Gasteiger partial charge in [0.2, 0.25) is 0 Å². The molecule has 3 aromatic carbocycles. The van der Waals surface area contributed by atoms with Crippen LogP contribution in [0.2, 0.25) is 10.0 Å². The SMILES string of the molecule is COc1ccccc1N1CCN(c2ccc(NC(=O)c3ccc(Cl)cc3Cl)cc2C(=O)N2CCCC2)CC1. The van der Waals surface area contributed by atoms with Gasteiger partial charge in [0.05, 0.1) is 28.9 Å². The Morgan fingerprint density at radius 3 is 2.16 bits per heavy atom. The minimum atomic E-state index is -0.357. The average molecular weight is 553 g/mol. The molecule has 1 N–H and O–H groups in total. The number of amides is 2. The molecule has 2 heterocycles. The quantitative estimate of drug-likeness (QED) is 0.417. The van der Waals surface area contributed by atoms with Crippen molar-refractivity contribution in [3.63, 3.8) is 0 Å². The number of carbonyl (C=O) groups is 2. The van der Waals surface area contributed by atoms with E-state index in [1.54, 1.807) is 25.3 Å². The lowest BCUT2D eigenvalue weighted by Gasteiger charge is -2.38. The number of hydrogen-bond acceptors (Lipinski definition) is 5. The van der Waals surface area contributed by atoms with Gasteiger partial charge in [-0.05, 0) is 61.4 Å². The third-order valence-corrected chi connectivity index (χ3v) is 7.65. The van der Waals surface area contributed by atoms with Crippen LogP contribution in [-0.4, -0.2) is 63.1 Å². The number of hydrogen-bond donors (Lipinski definition) is 1. The number of benzene rings is 3. The Balaban J connectivity index is 1.38. The molecular weight excluding hydrogens is 523 g/mol. The van der Waals surface area contributed by atoms with Gasteiger partial charge in [-0.1, -0.05) is 35.3 Å². The highest BCUT2D eigenvalue weighted by atomic mass is 35.5. The van der Waals surface area contributed by atoms with Gasteiger partial charge in [0.15, 0.2) is 0 Å². The molecule has 2 aliphatic rings. The normalized spacial score (nSPS) is 15.5. The number of anilines is 3. The van der Waals surface area contributed by atoms with Crippen molar-refractivity contribution < 1.29 is 14.3 Å². The molecule has 0 atom stereocenters. The summed E-state index contributed by atoms with van der Waals surface area (Å²) in [6.07, 6.45) is 2.01. The summed E-state index contributed by atoms with van der Waals surface area (Å²) in [4.78, 5) is 33.0. The molecule has 0 unspecified atom stereocenters. The van der Waals surface area contributed by atoms with E-state index in [2.05, 4.69) is 21.2 Å². The molecule has 2 saturated heterocycles. The van der Waals surface area contributed by atoms with E-state index in [-0.39, 0.29) is 16.8 Å². The summed E-state index contributed by atoms with van der Waals surface area (Å²) in [7, 11) is 1.69. The van der Waals surface area contributed by atoms with Crippen LogP contribution < -0.4 is 19.9 Å². The lowest BCUT2D eigenvalue weighted by atomic mass is 10.1. The fraction of sp³-hybridized carbons (Fsp3) is 0.310. The topological polar surface area (TPSA) is 65.1 Å². The predicted octanol–water partition coefficient (Wildman–Crippen LogP) is 5.82. The molecule has 0 aromatic heterocycles. The summed E-state index contributed by atoms with van der Waals surface area (Å²) in [6, 6.07) is 18.3. The first kappa shape index (κ1) is 26.2. The minimum Gasteiger partial charge on any atom is -0.495 e. The number of piperazine rings is 1. The van der Waals surface area contributed by atoms with Crippen molar-refractivity contribution in [2.45, 2.75) is 12.8 Å². The van der Waals surface area contributed by atoms with Crippen molar-refractivity contribution in [2.75, 3.05) is 61.5 Å². The number of nitrogens with zero attached hydrogens (tertiary/aromatic N) is 3. The van der Waals surface area contributed by atoms with Gasteiger partial charge in [-0.3, -0.25) is 9.59 Å². The molecule has 2 aliphatic heterocycles. The summed E-state index contributed by atoms with van der Waals surface area (Å²) in [5.41, 5.74) is 3.41. The summed E-state index contributed by atoms with van der Waals surface area (Å²) in [5.74, 6) is 0.487. The number of ether oxygens (including phenoxy) is 1. The number of nitrogens with one attached hydrogen (secondary N) is 1. The smallest absolute Gasteiger partial charge is 0.257 e. The summed E-state index contributed by atoms with van der Waals surface area (Å²) >= 11 is 12.2. The number of methoxy groups -OCH3 is 1. The van der Waals surface area contributed by atoms with Crippen LogP contribution in [0.4, 0.5) is 17.1 Å². The Kier molecular flexibility index (Phi) is 7.95. The monoisotopic (exact) mass is 552 g/mol. The van der Waals surface area contributed by atoms with Gasteiger partial charge >= 0.3 is 0 Å². The van der Waals surface area contributed by atoms with E-state index in [1.807, 2.05) is 35.2 Å². The molecule has 0 aliphatic carbocycles. The molecule has 0 bridgehead atoms. The van der Waals surface area contributed by atoms with Crippen LogP contribution in [0.25, 0.3) is 0 Å². The molecule has 7 nitrogen and oxygen atoms in total. The summed E-state index contributed by atoms with van der Waals surface area (Å²) < 4.78 is 5.55. The molecule has 38 heavy (non-hydrogen) atoms. The number of rotatable bonds is 6. The minimum absolute atomic E-state index is 0.00900. The Hall–Kier alpha value is -3.42. The third kappa shape index (κ3) is 5.54. The maximum Gasteiger partial charge on any atom is 0.257 e. The molecule has 0 radical (unpaired) electrons. The zero-order valence-corrected chi connectivity index (χ0v) is 22.8. The second-order valence-electron chi connectivity index (χ2n) is 9.46. The number of carbonyl (C=O) groups excluding carboxylic acids is 2. The molecule has 0 saturated carbocycles. The molecule has 198 valence electrons. The van der Waals surface area contributed by atoms with Crippen molar-refractivity contribution in [3.05, 3.63) is 81.8 Å². The van der Waals surface area contributed by atoms with Gasteiger partial charge in [0, 0.05) is 55.7 Å². The lowest BCUT2D eigenvalue weighted by molar-refractivity contribution is 0.0793. The van der Waals surface area contributed by atoms with Crippen molar-refractivity contribution in [2.24, 2.45) is 0 Å². The Morgan fingerprint density at radius 2 is 1.47 bits per heavy atom. The average Bonchev–Trinajstić information content (AvgIpc) is 3.48. The second-order valence-corrected chi connectivity index (χ2v) is 10.3. The first-order valence-electron chi connectivity index (χ1n) is 12.8. The zero-order chi connectivity index (χ0) is 26.6. The Bertz CT molecular complexity index is 1340. The highest BCUT2D eigenvalue weighted by Gasteiger charge is 2.27. The van der Waals surface area contributed by atoms with Crippen LogP contribution in [0.3, 0.4) is 0 Å². The van der Waals surface area contributed by atoms with Crippen LogP contribution in [0, 0.1) is 0 Å². The molecular formula is C29H30Cl2N4O3. The molecule has 2 fully saturated rings. The van der Waals surface area contributed by atoms with Gasteiger partial charge in [0.25, 0.3) is 11.8 Å². The van der Waals surface area contributed by atoms with Crippen LogP contribution in [0.1, 0.15) is 33.6 Å². The number of para-hydroxylation sites is 2. The van der Waals surface area contributed by atoms with Crippen LogP contribution in [-0.2, 0) is 0 Å². The van der Waals surface area contributed by atoms with Crippen LogP contribution in [0.5, 0.6) is 5.75 Å². The predicted molar refractivity (Wildman–Crippen MR) is 153 cm³/mol. The summed E-state index contributed by atoms with van der Waals surface area (Å²) in [6.45, 7) is 4.60. The van der Waals surface area contributed by atoms with Crippen LogP contribution >= 0.6 is 23.2 Å². The zero-order valence-electron chi connectivity index (χ0n) is 21.3. The van der Waals surface area contributed by atoms with E-state index >= 15 is 0 Å². The maximum atomic E-state index is 13.6. The summed E-state index contributed by atoms with van der Waals surface area (Å²) in [5, 5.41) is 3.63. The van der Waals surface area contributed by atoms with E-state index < -0.39 is 0 Å². The van der Waals surface area contributed by atoms with E-state index in [9.17, 15) is 9.59 Å². The first-order chi connectivity index (χ1) is 18.4. The van der Waals surface area contributed by atoms with Gasteiger partial charge in [0.1, 0.15) is 5.75 Å². The van der Waals surface area contributed by atoms with Crippen molar-refractivity contribution in [1.29, 1.82) is 0 Å². The largest absolute Gasteiger partial charge is 0.495 e. The van der Waals surface area contributed by atoms with Crippen molar-refractivity contribution in [3.8, 4) is 5.75 Å². The molecule has 9 heteroatoms. The highest BCUT2D eigenvalue weighted by Crippen LogP contribution is 2.32. The molecule has 5 rings (SSSR count). The van der Waals surface area contributed by atoms with Crippen LogP contribution in [0.15, 0.2) is 60.7 Å². The first-order valence-corrected chi connectivity index (χ1v) is 13.5. The Labute approximate surface area is 232 Å². The van der Waals surface area contributed by atoms with Gasteiger partial charge in [-0.15, -0.1) is 0 Å².